The largest absolute Gasteiger partial charge is 0.496 e. The van der Waals surface area contributed by atoms with Crippen molar-refractivity contribution in [1.29, 1.82) is 0 Å². The lowest BCUT2D eigenvalue weighted by molar-refractivity contribution is 0.0929. The Hall–Kier alpha value is -3.24. The number of methoxy groups -OCH3 is 1. The number of rotatable bonds is 8. The lowest BCUT2D eigenvalue weighted by atomic mass is 9.73. The van der Waals surface area contributed by atoms with Crippen molar-refractivity contribution in [3.05, 3.63) is 101 Å². The number of amides is 1. The van der Waals surface area contributed by atoms with Gasteiger partial charge in [0.05, 0.1) is 24.8 Å². The molecule has 0 radical (unpaired) electrons. The third kappa shape index (κ3) is 5.19. The molecule has 2 unspecified atom stereocenters. The molecule has 9 heteroatoms. The highest BCUT2D eigenvalue weighted by Gasteiger charge is 2.42. The number of nitrogens with zero attached hydrogens (tertiary/aromatic N) is 1. The fraction of sp³-hybridized carbons (Fsp3) is 0.345. The molecule has 8 nitrogen and oxygen atoms in total. The number of carbonyl (C=O) groups excluding carboxylic acids is 1. The van der Waals surface area contributed by atoms with Gasteiger partial charge in [0.15, 0.2) is 0 Å². The van der Waals surface area contributed by atoms with Crippen LogP contribution < -0.4 is 14.8 Å². The highest BCUT2D eigenvalue weighted by Crippen LogP contribution is 2.37. The molecule has 1 aliphatic carbocycles. The standard InChI is InChI=1S/C29H33N3O5S/c1-37-26-14-8-7-13-24(26)28(34)30-20-29(22-10-3-2-4-11-22)15-17-32(18-16-29)38(35,36)31-27-23-12-6-5-9-21(23)19-25(27)33/h2-14,25,27,31,33H,15-20H2,1H3,(H,30,34). The number of aliphatic hydroxyl groups excluding tert-OH is 1. The first kappa shape index (κ1) is 26.4. The van der Waals surface area contributed by atoms with E-state index in [0.717, 1.165) is 16.7 Å². The average molecular weight is 536 g/mol. The van der Waals surface area contributed by atoms with Crippen LogP contribution in [0.1, 0.15) is 45.9 Å². The number of hydrogen-bond acceptors (Lipinski definition) is 5. The van der Waals surface area contributed by atoms with Crippen LogP contribution in [-0.2, 0) is 22.0 Å². The number of fused-ring (bicyclic) bond motifs is 1. The second kappa shape index (κ2) is 10.9. The van der Waals surface area contributed by atoms with Gasteiger partial charge in [0.1, 0.15) is 5.75 Å². The van der Waals surface area contributed by atoms with Gasteiger partial charge in [0.2, 0.25) is 0 Å². The third-order valence-corrected chi connectivity index (χ3v) is 9.42. The number of ether oxygens (including phenoxy) is 1. The summed E-state index contributed by atoms with van der Waals surface area (Å²) >= 11 is 0. The molecule has 3 N–H and O–H groups in total. The first-order valence-electron chi connectivity index (χ1n) is 12.8. The molecule has 5 rings (SSSR count). The number of piperidine rings is 1. The SMILES string of the molecule is COc1ccccc1C(=O)NCC1(c2ccccc2)CCN(S(=O)(=O)NC2c3ccccc3CC2O)CC1. The van der Waals surface area contributed by atoms with Crippen molar-refractivity contribution in [2.45, 2.75) is 36.8 Å². The van der Waals surface area contributed by atoms with Gasteiger partial charge in [-0.05, 0) is 41.7 Å². The monoisotopic (exact) mass is 535 g/mol. The molecule has 1 heterocycles. The van der Waals surface area contributed by atoms with E-state index in [4.69, 9.17) is 4.74 Å². The van der Waals surface area contributed by atoms with Crippen LogP contribution >= 0.6 is 0 Å². The van der Waals surface area contributed by atoms with Crippen molar-refractivity contribution < 1.29 is 23.1 Å². The number of benzene rings is 3. The molecule has 2 atom stereocenters. The minimum Gasteiger partial charge on any atom is -0.496 e. The Bertz CT molecular complexity index is 1390. The molecule has 3 aromatic rings. The Labute approximate surface area is 223 Å². The van der Waals surface area contributed by atoms with Gasteiger partial charge < -0.3 is 15.2 Å². The summed E-state index contributed by atoms with van der Waals surface area (Å²) in [5.41, 5.74) is 2.87. The fourth-order valence-corrected chi connectivity index (χ4v) is 7.06. The van der Waals surface area contributed by atoms with E-state index in [2.05, 4.69) is 10.0 Å². The van der Waals surface area contributed by atoms with Crippen molar-refractivity contribution in [2.24, 2.45) is 0 Å². The zero-order valence-electron chi connectivity index (χ0n) is 21.3. The van der Waals surface area contributed by atoms with Crippen molar-refractivity contribution in [1.82, 2.24) is 14.3 Å². The maximum Gasteiger partial charge on any atom is 0.280 e. The van der Waals surface area contributed by atoms with Gasteiger partial charge in [0, 0.05) is 31.5 Å². The summed E-state index contributed by atoms with van der Waals surface area (Å²) in [4.78, 5) is 13.1. The number of hydrogen-bond donors (Lipinski definition) is 3. The number of nitrogens with one attached hydrogen (secondary N) is 2. The molecule has 0 bridgehead atoms. The summed E-state index contributed by atoms with van der Waals surface area (Å²) in [7, 11) is -2.31. The Balaban J connectivity index is 1.31. The zero-order chi connectivity index (χ0) is 26.8. The van der Waals surface area contributed by atoms with Crippen molar-refractivity contribution in [3.63, 3.8) is 0 Å². The molecule has 1 aliphatic heterocycles. The molecular weight excluding hydrogens is 502 g/mol. The maximum absolute atomic E-state index is 13.4. The molecule has 1 fully saturated rings. The van der Waals surface area contributed by atoms with E-state index in [1.165, 1.54) is 11.4 Å². The highest BCUT2D eigenvalue weighted by atomic mass is 32.2. The molecule has 0 aromatic heterocycles. The van der Waals surface area contributed by atoms with Crippen LogP contribution in [0.5, 0.6) is 5.75 Å². The van der Waals surface area contributed by atoms with Crippen molar-refractivity contribution in [2.75, 3.05) is 26.7 Å². The predicted molar refractivity (Wildman–Crippen MR) is 145 cm³/mol. The molecule has 2 aliphatic rings. The van der Waals surface area contributed by atoms with Gasteiger partial charge in [-0.25, -0.2) is 0 Å². The van der Waals surface area contributed by atoms with Gasteiger partial charge >= 0.3 is 0 Å². The molecule has 38 heavy (non-hydrogen) atoms. The summed E-state index contributed by atoms with van der Waals surface area (Å²) in [5.74, 6) is 0.268. The summed E-state index contributed by atoms with van der Waals surface area (Å²) in [6, 6.07) is 23.9. The van der Waals surface area contributed by atoms with Gasteiger partial charge in [-0.3, -0.25) is 4.79 Å². The van der Waals surface area contributed by atoms with Gasteiger partial charge in [-0.2, -0.15) is 17.4 Å². The van der Waals surface area contributed by atoms with Crippen LogP contribution in [0.25, 0.3) is 0 Å². The third-order valence-electron chi connectivity index (χ3n) is 7.82. The summed E-state index contributed by atoms with van der Waals surface area (Å²) in [6.07, 6.45) is 0.689. The van der Waals surface area contributed by atoms with E-state index in [9.17, 15) is 18.3 Å². The lowest BCUT2D eigenvalue weighted by Gasteiger charge is -2.42. The summed E-state index contributed by atoms with van der Waals surface area (Å²) in [5, 5.41) is 13.6. The second-order valence-corrected chi connectivity index (χ2v) is 11.7. The topological polar surface area (TPSA) is 108 Å². The van der Waals surface area contributed by atoms with Crippen LogP contribution in [0, 0.1) is 0 Å². The zero-order valence-corrected chi connectivity index (χ0v) is 22.2. The molecule has 200 valence electrons. The second-order valence-electron chi connectivity index (χ2n) is 10.00. The van der Waals surface area contributed by atoms with Crippen LogP contribution in [-0.4, -0.2) is 56.6 Å². The van der Waals surface area contributed by atoms with E-state index < -0.39 is 27.8 Å². The Morgan fingerprint density at radius 2 is 1.66 bits per heavy atom. The first-order valence-corrected chi connectivity index (χ1v) is 14.3. The minimum atomic E-state index is -3.84. The fourth-order valence-electron chi connectivity index (χ4n) is 5.64. The van der Waals surface area contributed by atoms with Crippen LogP contribution in [0.4, 0.5) is 0 Å². The van der Waals surface area contributed by atoms with Crippen molar-refractivity contribution >= 4 is 16.1 Å². The quantitative estimate of drug-likeness (QED) is 0.411. The Morgan fingerprint density at radius 1 is 1.00 bits per heavy atom. The first-order chi connectivity index (χ1) is 18.3. The van der Waals surface area contributed by atoms with Gasteiger partial charge in [0.25, 0.3) is 16.1 Å². The molecular formula is C29H33N3O5S. The van der Waals surface area contributed by atoms with E-state index >= 15 is 0 Å². The van der Waals surface area contributed by atoms with E-state index in [-0.39, 0.29) is 5.91 Å². The van der Waals surface area contributed by atoms with Gasteiger partial charge in [-0.15, -0.1) is 0 Å². The number of carbonyl (C=O) groups is 1. The summed E-state index contributed by atoms with van der Waals surface area (Å²) in [6.45, 7) is 0.947. The smallest absolute Gasteiger partial charge is 0.280 e. The van der Waals surface area contributed by atoms with Gasteiger partial charge in [-0.1, -0.05) is 66.7 Å². The average Bonchev–Trinajstić information content (AvgIpc) is 3.26. The van der Waals surface area contributed by atoms with E-state index in [1.807, 2.05) is 60.7 Å². The Kier molecular flexibility index (Phi) is 7.54. The van der Waals surface area contributed by atoms with E-state index in [1.54, 1.807) is 18.2 Å². The van der Waals surface area contributed by atoms with E-state index in [0.29, 0.717) is 50.2 Å². The van der Waals surface area contributed by atoms with Crippen LogP contribution in [0.15, 0.2) is 78.9 Å². The molecule has 0 spiro atoms. The molecule has 1 amide bonds. The number of para-hydroxylation sites is 1. The van der Waals surface area contributed by atoms with Crippen LogP contribution in [0.2, 0.25) is 0 Å². The molecule has 1 saturated heterocycles. The predicted octanol–water partition coefficient (Wildman–Crippen LogP) is 2.95. The highest BCUT2D eigenvalue weighted by molar-refractivity contribution is 7.87. The lowest BCUT2D eigenvalue weighted by Crippen LogP contribution is -2.53. The number of aliphatic hydroxyl groups is 1. The van der Waals surface area contributed by atoms with Crippen LogP contribution in [0.3, 0.4) is 0 Å². The molecule has 0 saturated carbocycles. The maximum atomic E-state index is 13.4. The summed E-state index contributed by atoms with van der Waals surface area (Å²) < 4.78 is 36.3. The van der Waals surface area contributed by atoms with Crippen molar-refractivity contribution in [3.8, 4) is 5.75 Å². The Morgan fingerprint density at radius 3 is 2.39 bits per heavy atom. The minimum absolute atomic E-state index is 0.233. The normalized spacial score (nSPS) is 21.0. The molecule has 3 aromatic carbocycles.